The fraction of sp³-hybridized carbons (Fsp3) is 0.931. The van der Waals surface area contributed by atoms with Gasteiger partial charge < -0.3 is 110 Å². The summed E-state index contributed by atoms with van der Waals surface area (Å²) in [5.74, 6) is -5.56. The van der Waals surface area contributed by atoms with Crippen molar-refractivity contribution in [2.24, 2.45) is 0 Å². The second-order valence-electron chi connectivity index (χ2n) is 13.3. The summed E-state index contributed by atoms with van der Waals surface area (Å²) >= 11 is 0. The molecule has 0 bridgehead atoms. The molecule has 0 aliphatic carbocycles. The third-order valence-corrected chi connectivity index (χ3v) is 9.54. The molecule has 24 heteroatoms. The van der Waals surface area contributed by atoms with E-state index in [4.69, 9.17) is 33.2 Å². The molecule has 0 aromatic carbocycles. The number of rotatable bonds is 13. The minimum absolute atomic E-state index is 0.746. The van der Waals surface area contributed by atoms with E-state index in [9.17, 15) is 81.1 Å². The maximum absolute atomic E-state index is 12.6. The highest BCUT2D eigenvalue weighted by Gasteiger charge is 2.58. The Morgan fingerprint density at radius 3 is 1.94 bits per heavy atom. The van der Waals surface area contributed by atoms with Crippen LogP contribution in [0.1, 0.15) is 20.3 Å². The fourth-order valence-corrected chi connectivity index (χ4v) is 6.47. The number of aliphatic carboxylic acids is 1. The highest BCUT2D eigenvalue weighted by molar-refractivity contribution is 5.76. The van der Waals surface area contributed by atoms with E-state index in [1.807, 2.05) is 0 Å². The summed E-state index contributed by atoms with van der Waals surface area (Å²) in [7, 11) is 0. The number of ether oxygens (including phenoxy) is 7. The summed E-state index contributed by atoms with van der Waals surface area (Å²) in [6, 6.07) is -1.52. The van der Waals surface area contributed by atoms with E-state index in [-0.39, 0.29) is 0 Å². The van der Waals surface area contributed by atoms with Crippen molar-refractivity contribution in [1.29, 1.82) is 0 Å². The molecule has 4 fully saturated rings. The van der Waals surface area contributed by atoms with Gasteiger partial charge in [-0.1, -0.05) is 0 Å². The molecule has 21 atom stereocenters. The molecular weight excluding hydrogens is 730 g/mol. The first-order valence-corrected chi connectivity index (χ1v) is 16.6. The maximum atomic E-state index is 12.6. The Morgan fingerprint density at radius 1 is 0.792 bits per heavy atom. The van der Waals surface area contributed by atoms with E-state index in [1.165, 1.54) is 6.92 Å². The SMILES string of the molecule is CC(=O)N[C@H]1[C@H]([C@H](O)[C@H](O)CO)O[C@@](OC[C@H]2O[C@@H](O[C@H]3[C@H](O[C@@H]4O[C@@H](C)[C@@H](O)[C@@H](O)[C@@H]4O)[C@@H](O)[C@H](O)O[C@@H]3CO)[C@H](O)[C@@H](O)[C@H]2O)(C(=O)O)C[C@@H]1O. The number of aliphatic hydroxyl groups excluding tert-OH is 13. The number of aliphatic hydroxyl groups is 13. The van der Waals surface area contributed by atoms with Gasteiger partial charge in [-0.05, 0) is 6.92 Å². The van der Waals surface area contributed by atoms with E-state index in [0.29, 0.717) is 0 Å². The lowest BCUT2D eigenvalue weighted by Gasteiger charge is -2.49. The second-order valence-corrected chi connectivity index (χ2v) is 13.3. The predicted octanol–water partition coefficient (Wildman–Crippen LogP) is -9.37. The third kappa shape index (κ3) is 9.24. The van der Waals surface area contributed by atoms with Crippen molar-refractivity contribution < 1.29 is 114 Å². The van der Waals surface area contributed by atoms with Crippen LogP contribution in [0.3, 0.4) is 0 Å². The van der Waals surface area contributed by atoms with Crippen LogP contribution in [-0.4, -0.2) is 232 Å². The fourth-order valence-electron chi connectivity index (χ4n) is 6.47. The first kappa shape index (κ1) is 43.9. The van der Waals surface area contributed by atoms with E-state index < -0.39 is 166 Å². The number of hydrogen-bond acceptors (Lipinski definition) is 22. The lowest BCUT2D eigenvalue weighted by molar-refractivity contribution is -0.385. The molecule has 0 unspecified atom stereocenters. The molecule has 4 aliphatic rings. The van der Waals surface area contributed by atoms with Crippen molar-refractivity contribution >= 4 is 11.9 Å². The molecule has 4 rings (SSSR count). The molecule has 0 aromatic rings. The molecule has 4 heterocycles. The van der Waals surface area contributed by atoms with Crippen molar-refractivity contribution in [3.8, 4) is 0 Å². The summed E-state index contributed by atoms with van der Waals surface area (Å²) in [4.78, 5) is 24.3. The van der Waals surface area contributed by atoms with Crippen LogP contribution in [0.25, 0.3) is 0 Å². The molecule has 0 aromatic heterocycles. The van der Waals surface area contributed by atoms with Crippen LogP contribution < -0.4 is 5.32 Å². The largest absolute Gasteiger partial charge is 0.477 e. The van der Waals surface area contributed by atoms with Gasteiger partial charge >= 0.3 is 5.97 Å². The summed E-state index contributed by atoms with van der Waals surface area (Å²) in [6.45, 7) is -0.660. The number of carbonyl (C=O) groups excluding carboxylic acids is 1. The Hall–Kier alpha value is -1.86. The zero-order chi connectivity index (χ0) is 39.7. The zero-order valence-corrected chi connectivity index (χ0v) is 28.3. The van der Waals surface area contributed by atoms with Crippen LogP contribution in [-0.2, 0) is 42.7 Å². The second kappa shape index (κ2) is 17.9. The highest BCUT2D eigenvalue weighted by atomic mass is 16.8. The minimum Gasteiger partial charge on any atom is -0.477 e. The van der Waals surface area contributed by atoms with Crippen LogP contribution in [0.5, 0.6) is 0 Å². The van der Waals surface area contributed by atoms with Gasteiger partial charge in [-0.25, -0.2) is 4.79 Å². The number of carbonyl (C=O) groups is 2. The average molecular weight is 780 g/mol. The van der Waals surface area contributed by atoms with Crippen LogP contribution in [0.4, 0.5) is 0 Å². The summed E-state index contributed by atoms with van der Waals surface area (Å²) in [5, 5.41) is 147. The van der Waals surface area contributed by atoms with Gasteiger partial charge in [0.25, 0.3) is 5.79 Å². The highest BCUT2D eigenvalue weighted by Crippen LogP contribution is 2.36. The first-order chi connectivity index (χ1) is 24.8. The van der Waals surface area contributed by atoms with E-state index >= 15 is 0 Å². The topological polar surface area (TPSA) is 394 Å². The Kier molecular flexibility index (Phi) is 14.9. The van der Waals surface area contributed by atoms with Crippen LogP contribution in [0, 0.1) is 0 Å². The van der Waals surface area contributed by atoms with Crippen LogP contribution >= 0.6 is 0 Å². The Morgan fingerprint density at radius 2 is 1.38 bits per heavy atom. The average Bonchev–Trinajstić information content (AvgIpc) is 3.11. The predicted molar refractivity (Wildman–Crippen MR) is 161 cm³/mol. The quantitative estimate of drug-likeness (QED) is 0.0825. The van der Waals surface area contributed by atoms with E-state index in [2.05, 4.69) is 5.32 Å². The van der Waals surface area contributed by atoms with Crippen LogP contribution in [0.2, 0.25) is 0 Å². The van der Waals surface area contributed by atoms with Crippen molar-refractivity contribution in [2.45, 2.75) is 149 Å². The Labute approximate surface area is 300 Å². The first-order valence-electron chi connectivity index (χ1n) is 16.6. The lowest BCUT2D eigenvalue weighted by atomic mass is 9.88. The van der Waals surface area contributed by atoms with Gasteiger partial charge in [-0.2, -0.15) is 0 Å². The van der Waals surface area contributed by atoms with Gasteiger partial charge in [0, 0.05) is 13.3 Å². The van der Waals surface area contributed by atoms with E-state index in [1.54, 1.807) is 0 Å². The van der Waals surface area contributed by atoms with Crippen molar-refractivity contribution in [1.82, 2.24) is 5.32 Å². The number of carboxylic acid groups (broad SMARTS) is 1. The third-order valence-electron chi connectivity index (χ3n) is 9.54. The molecule has 24 nitrogen and oxygen atoms in total. The minimum atomic E-state index is -2.90. The zero-order valence-electron chi connectivity index (χ0n) is 28.3. The Bertz CT molecular complexity index is 1220. The number of carboxylic acids is 1. The van der Waals surface area contributed by atoms with Gasteiger partial charge in [0.1, 0.15) is 85.5 Å². The molecule has 15 N–H and O–H groups in total. The van der Waals surface area contributed by atoms with Gasteiger partial charge in [0.05, 0.1) is 38.1 Å². The number of hydrogen-bond donors (Lipinski definition) is 15. The summed E-state index contributed by atoms with van der Waals surface area (Å²) in [6.07, 6.45) is -36.3. The van der Waals surface area contributed by atoms with Gasteiger partial charge in [0.2, 0.25) is 5.91 Å². The standard InChI is InChI=1S/C29H49NO23/c1-7-14(36)17(39)19(41)26(48-7)52-24-21(43)25(44)49-11(5-32)22(24)51-27-20(42)18(40)16(38)12(50-27)6-47-29(28(45)46)3-9(34)13(30-8(2)33)23(53-29)15(37)10(35)4-31/h7,9-27,31-32,34-44H,3-6H2,1-2H3,(H,30,33)(H,45,46)/t7-,9-,10+,11+,12+,13+,14+,15+,16-,17+,18-,19-,20+,21+,22+,23+,24+,25+,26-,27-,29+/m0/s1. The Balaban J connectivity index is 1.57. The number of nitrogens with one attached hydrogen (secondary N) is 1. The molecule has 0 saturated carbocycles. The maximum Gasteiger partial charge on any atom is 0.364 e. The molecule has 308 valence electrons. The molecule has 0 radical (unpaired) electrons. The van der Waals surface area contributed by atoms with Crippen molar-refractivity contribution in [3.05, 3.63) is 0 Å². The molecule has 1 amide bonds. The van der Waals surface area contributed by atoms with E-state index in [0.717, 1.165) is 6.92 Å². The van der Waals surface area contributed by atoms with Gasteiger partial charge in [0.15, 0.2) is 18.9 Å². The normalized spacial score (nSPS) is 47.8. The smallest absolute Gasteiger partial charge is 0.364 e. The molecule has 4 aliphatic heterocycles. The number of amides is 1. The molecule has 0 spiro atoms. The van der Waals surface area contributed by atoms with Crippen molar-refractivity contribution in [2.75, 3.05) is 19.8 Å². The van der Waals surface area contributed by atoms with Gasteiger partial charge in [-0.15, -0.1) is 0 Å². The molecule has 53 heavy (non-hydrogen) atoms. The van der Waals surface area contributed by atoms with Crippen LogP contribution in [0.15, 0.2) is 0 Å². The summed E-state index contributed by atoms with van der Waals surface area (Å²) in [5.41, 5.74) is 0. The molecule has 4 saturated heterocycles. The van der Waals surface area contributed by atoms with Crippen molar-refractivity contribution in [3.63, 3.8) is 0 Å². The lowest BCUT2D eigenvalue weighted by Crippen LogP contribution is -2.68. The monoisotopic (exact) mass is 779 g/mol. The summed E-state index contributed by atoms with van der Waals surface area (Å²) < 4.78 is 38.6. The van der Waals surface area contributed by atoms with Gasteiger partial charge in [-0.3, -0.25) is 4.79 Å². The molecular formula is C29H49NO23.